The second-order valence-electron chi connectivity index (χ2n) is 3.23. The molecule has 0 unspecified atom stereocenters. The van der Waals surface area contributed by atoms with E-state index in [4.69, 9.17) is 9.84 Å². The highest BCUT2D eigenvalue weighted by atomic mass is 19.3. The van der Waals surface area contributed by atoms with E-state index < -0.39 is 11.8 Å². The lowest BCUT2D eigenvalue weighted by Gasteiger charge is -2.05. The highest BCUT2D eigenvalue weighted by molar-refractivity contribution is 5.92. The molecule has 0 aliphatic rings. The minimum absolute atomic E-state index is 0.164. The van der Waals surface area contributed by atoms with E-state index in [-0.39, 0.29) is 25.2 Å². The highest BCUT2D eigenvalue weighted by Crippen LogP contribution is 2.06. The summed E-state index contributed by atoms with van der Waals surface area (Å²) in [6, 6.07) is 0. The summed E-state index contributed by atoms with van der Waals surface area (Å²) in [6.07, 6.45) is 3.51. The summed E-state index contributed by atoms with van der Waals surface area (Å²) < 4.78 is 16.4. The number of ketones is 1. The van der Waals surface area contributed by atoms with E-state index in [9.17, 15) is 14.1 Å². The van der Waals surface area contributed by atoms with Crippen LogP contribution in [0.2, 0.25) is 0 Å². The van der Waals surface area contributed by atoms with Gasteiger partial charge in [0.15, 0.2) is 5.78 Å². The van der Waals surface area contributed by atoms with E-state index in [1.54, 1.807) is 13.0 Å². The zero-order valence-corrected chi connectivity index (χ0v) is 10.0. The number of aliphatic hydroxyl groups excluding tert-OH is 1. The molecule has 5 nitrogen and oxygen atoms in total. The largest absolute Gasteiger partial charge is 0.460 e. The van der Waals surface area contributed by atoms with Gasteiger partial charge in [-0.25, -0.2) is 4.79 Å². The molecule has 18 heavy (non-hydrogen) atoms. The van der Waals surface area contributed by atoms with Crippen molar-refractivity contribution in [3.05, 3.63) is 36.3 Å². The fourth-order valence-corrected chi connectivity index (χ4v) is 0.918. The van der Waals surface area contributed by atoms with Crippen LogP contribution in [0.5, 0.6) is 0 Å². The van der Waals surface area contributed by atoms with Crippen molar-refractivity contribution in [1.82, 2.24) is 0 Å². The minimum Gasteiger partial charge on any atom is -0.460 e. The van der Waals surface area contributed by atoms with Crippen molar-refractivity contribution in [2.24, 2.45) is 0 Å². The molecule has 0 aromatic carbocycles. The van der Waals surface area contributed by atoms with Gasteiger partial charge in [-0.3, -0.25) is 9.74 Å². The van der Waals surface area contributed by atoms with E-state index in [0.29, 0.717) is 5.76 Å². The fourth-order valence-electron chi connectivity index (χ4n) is 0.918. The Morgan fingerprint density at radius 1 is 1.33 bits per heavy atom. The maximum absolute atomic E-state index is 11.3. The molecule has 0 radical (unpaired) electrons. The van der Waals surface area contributed by atoms with Crippen LogP contribution in [0.15, 0.2) is 36.3 Å². The Bertz CT molecular complexity index is 371. The summed E-state index contributed by atoms with van der Waals surface area (Å²) in [4.78, 5) is 24.6. The molecule has 1 N–H and O–H groups in total. The maximum Gasteiger partial charge on any atom is 0.349 e. The van der Waals surface area contributed by atoms with Gasteiger partial charge in [0, 0.05) is 10.9 Å². The Balaban J connectivity index is 4.10. The molecule has 0 bridgehead atoms. The Kier molecular flexibility index (Phi) is 8.13. The lowest BCUT2D eigenvalue weighted by atomic mass is 10.2. The molecule has 0 aliphatic carbocycles. The first-order valence-corrected chi connectivity index (χ1v) is 5.18. The van der Waals surface area contributed by atoms with Crippen molar-refractivity contribution in [3.8, 4) is 0 Å². The first-order chi connectivity index (χ1) is 8.53. The van der Waals surface area contributed by atoms with Gasteiger partial charge in [0.1, 0.15) is 18.1 Å². The Morgan fingerprint density at radius 3 is 2.50 bits per heavy atom. The van der Waals surface area contributed by atoms with Crippen molar-refractivity contribution in [2.45, 2.75) is 19.8 Å². The molecule has 0 saturated heterocycles. The molecular weight excluding hydrogens is 243 g/mol. The first kappa shape index (κ1) is 16.1. The van der Waals surface area contributed by atoms with Crippen LogP contribution in [0, 0.1) is 0 Å². The summed E-state index contributed by atoms with van der Waals surface area (Å²) in [5.41, 5.74) is 0. The average Bonchev–Trinajstić information content (AvgIpc) is 2.39. The van der Waals surface area contributed by atoms with E-state index in [2.05, 4.69) is 11.5 Å². The SMILES string of the molecule is C=C(/C=C/C(=O)CCC(=O)OF)O/C(=C\C)CO. The van der Waals surface area contributed by atoms with E-state index >= 15 is 0 Å². The van der Waals surface area contributed by atoms with Crippen molar-refractivity contribution in [3.63, 3.8) is 0 Å². The highest BCUT2D eigenvalue weighted by Gasteiger charge is 2.06. The molecule has 0 rings (SSSR count). The van der Waals surface area contributed by atoms with Crippen LogP contribution in [0.25, 0.3) is 0 Å². The molecule has 0 spiro atoms. The van der Waals surface area contributed by atoms with Gasteiger partial charge < -0.3 is 9.84 Å². The Hall–Kier alpha value is -1.95. The molecular formula is C12H15FO5. The number of aliphatic hydroxyl groups is 1. The standard InChI is InChI=1S/C12H15FO5/c1-3-11(8-14)17-9(2)4-5-10(15)6-7-12(16)18-13/h3-5,14H,2,6-8H2,1H3/b5-4+,11-3-. The van der Waals surface area contributed by atoms with Crippen molar-refractivity contribution >= 4 is 11.8 Å². The van der Waals surface area contributed by atoms with E-state index in [1.165, 1.54) is 6.08 Å². The monoisotopic (exact) mass is 258 g/mol. The van der Waals surface area contributed by atoms with Gasteiger partial charge in [-0.15, -0.1) is 0 Å². The first-order valence-electron chi connectivity index (χ1n) is 5.18. The van der Waals surface area contributed by atoms with Gasteiger partial charge in [0.05, 0.1) is 6.42 Å². The van der Waals surface area contributed by atoms with Crippen molar-refractivity contribution < 1.29 is 28.9 Å². The summed E-state index contributed by atoms with van der Waals surface area (Å²) in [5.74, 6) is -1.02. The van der Waals surface area contributed by atoms with Gasteiger partial charge in [0.2, 0.25) is 0 Å². The normalized spacial score (nSPS) is 11.4. The molecule has 0 atom stereocenters. The van der Waals surface area contributed by atoms with Crippen LogP contribution < -0.4 is 0 Å². The van der Waals surface area contributed by atoms with Gasteiger partial charge >= 0.3 is 5.97 Å². The Labute approximate surface area is 104 Å². The number of hydrogen-bond acceptors (Lipinski definition) is 5. The van der Waals surface area contributed by atoms with E-state index in [0.717, 1.165) is 6.08 Å². The van der Waals surface area contributed by atoms with Crippen LogP contribution in [-0.2, 0) is 19.3 Å². The number of hydrogen-bond donors (Lipinski definition) is 1. The number of carbonyl (C=O) groups is 2. The van der Waals surface area contributed by atoms with Gasteiger partial charge in [0.25, 0.3) is 0 Å². The third-order valence-corrected chi connectivity index (χ3v) is 1.86. The summed E-state index contributed by atoms with van der Waals surface area (Å²) in [6.45, 7) is 4.91. The molecule has 0 aliphatic heterocycles. The quantitative estimate of drug-likeness (QED) is 0.408. The van der Waals surface area contributed by atoms with Crippen molar-refractivity contribution in [1.29, 1.82) is 0 Å². The smallest absolute Gasteiger partial charge is 0.349 e. The third-order valence-electron chi connectivity index (χ3n) is 1.86. The molecule has 0 fully saturated rings. The molecule has 0 aromatic rings. The van der Waals surface area contributed by atoms with Crippen molar-refractivity contribution in [2.75, 3.05) is 6.61 Å². The second kappa shape index (κ2) is 9.12. The lowest BCUT2D eigenvalue weighted by Crippen LogP contribution is -2.02. The van der Waals surface area contributed by atoms with Crippen LogP contribution in [0.1, 0.15) is 19.8 Å². The molecule has 6 heteroatoms. The number of allylic oxidation sites excluding steroid dienone is 3. The number of carbonyl (C=O) groups excluding carboxylic acids is 2. The van der Waals surface area contributed by atoms with Crippen LogP contribution in [0.3, 0.4) is 0 Å². The second-order valence-corrected chi connectivity index (χ2v) is 3.23. The predicted molar refractivity (Wildman–Crippen MR) is 61.6 cm³/mol. The molecule has 0 amide bonds. The number of rotatable bonds is 8. The lowest BCUT2D eigenvalue weighted by molar-refractivity contribution is -0.183. The molecule has 100 valence electrons. The zero-order chi connectivity index (χ0) is 14.0. The maximum atomic E-state index is 11.3. The topological polar surface area (TPSA) is 72.8 Å². The summed E-state index contributed by atoms with van der Waals surface area (Å²) >= 11 is 0. The third kappa shape index (κ3) is 7.34. The number of halogens is 1. The van der Waals surface area contributed by atoms with E-state index in [1.807, 2.05) is 0 Å². The van der Waals surface area contributed by atoms with Gasteiger partial charge in [-0.2, -0.15) is 0 Å². The van der Waals surface area contributed by atoms with Gasteiger partial charge in [-0.05, 0) is 25.2 Å². The number of ether oxygens (including phenoxy) is 1. The molecule has 0 heterocycles. The molecule has 0 saturated carbocycles. The minimum atomic E-state index is -1.09. The van der Waals surface area contributed by atoms with Crippen LogP contribution in [-0.4, -0.2) is 23.5 Å². The van der Waals surface area contributed by atoms with Crippen LogP contribution >= 0.6 is 0 Å². The fraction of sp³-hybridized carbons (Fsp3) is 0.333. The average molecular weight is 258 g/mol. The van der Waals surface area contributed by atoms with Gasteiger partial charge in [-0.1, -0.05) is 6.58 Å². The summed E-state index contributed by atoms with van der Waals surface area (Å²) in [5, 5.41) is 8.81. The molecule has 0 aromatic heterocycles. The Morgan fingerprint density at radius 2 is 2.00 bits per heavy atom. The van der Waals surface area contributed by atoms with Crippen LogP contribution in [0.4, 0.5) is 4.53 Å². The summed E-state index contributed by atoms with van der Waals surface area (Å²) in [7, 11) is 0. The predicted octanol–water partition coefficient (Wildman–Crippen LogP) is 1.75. The zero-order valence-electron chi connectivity index (χ0n) is 10.0.